The fraction of sp³-hybridized carbons (Fsp3) is 0.233. The van der Waals surface area contributed by atoms with Crippen LogP contribution in [0.15, 0.2) is 90.2 Å². The number of carbonyl (C=O) groups excluding carboxylic acids is 2. The van der Waals surface area contributed by atoms with E-state index in [0.717, 1.165) is 40.3 Å². The molecule has 3 heterocycles. The van der Waals surface area contributed by atoms with Crippen LogP contribution in [0, 0.1) is 0 Å². The Balaban J connectivity index is 1.30. The molecular formula is C30H24F6N6O2S. The van der Waals surface area contributed by atoms with E-state index < -0.39 is 40.7 Å². The molecule has 1 aliphatic rings. The Morgan fingerprint density at radius 1 is 0.956 bits per heavy atom. The molecule has 1 aliphatic heterocycles. The lowest BCUT2D eigenvalue weighted by Crippen LogP contribution is -2.33. The van der Waals surface area contributed by atoms with Crippen molar-refractivity contribution in [3.63, 3.8) is 0 Å². The molecule has 2 aromatic carbocycles. The van der Waals surface area contributed by atoms with E-state index in [1.54, 1.807) is 36.5 Å². The van der Waals surface area contributed by atoms with Crippen LogP contribution in [0.1, 0.15) is 28.9 Å². The molecule has 234 valence electrons. The normalized spacial score (nSPS) is 16.4. The van der Waals surface area contributed by atoms with Crippen molar-refractivity contribution in [2.24, 2.45) is 4.99 Å². The van der Waals surface area contributed by atoms with Crippen LogP contribution in [-0.2, 0) is 34.9 Å². The Morgan fingerprint density at radius 3 is 2.40 bits per heavy atom. The second kappa shape index (κ2) is 13.1. The number of amides is 2. The van der Waals surface area contributed by atoms with Gasteiger partial charge in [0.2, 0.25) is 11.8 Å². The topological polar surface area (TPSA) is 92.5 Å². The number of amidine groups is 1. The predicted molar refractivity (Wildman–Crippen MR) is 155 cm³/mol. The molecule has 5 rings (SSSR count). The average Bonchev–Trinajstić information content (AvgIpc) is 3.60. The lowest BCUT2D eigenvalue weighted by Gasteiger charge is -2.17. The second-order valence-electron chi connectivity index (χ2n) is 9.91. The van der Waals surface area contributed by atoms with Crippen LogP contribution in [0.25, 0.3) is 5.69 Å². The monoisotopic (exact) mass is 646 g/mol. The van der Waals surface area contributed by atoms with E-state index in [4.69, 9.17) is 0 Å². The van der Waals surface area contributed by atoms with Gasteiger partial charge in [-0.3, -0.25) is 24.5 Å². The van der Waals surface area contributed by atoms with Crippen molar-refractivity contribution in [3.05, 3.63) is 108 Å². The van der Waals surface area contributed by atoms with Gasteiger partial charge >= 0.3 is 12.4 Å². The highest BCUT2D eigenvalue weighted by Crippen LogP contribution is 2.33. The number of anilines is 1. The van der Waals surface area contributed by atoms with Crippen molar-refractivity contribution >= 4 is 34.4 Å². The molecule has 4 aromatic rings. The van der Waals surface area contributed by atoms with Gasteiger partial charge in [-0.2, -0.15) is 31.4 Å². The summed E-state index contributed by atoms with van der Waals surface area (Å²) in [5, 5.41) is 5.47. The predicted octanol–water partition coefficient (Wildman–Crippen LogP) is 6.38. The highest BCUT2D eigenvalue weighted by Gasteiger charge is 2.39. The summed E-state index contributed by atoms with van der Waals surface area (Å²) in [5.74, 6) is -1.06. The Bertz CT molecular complexity index is 1690. The quantitative estimate of drug-likeness (QED) is 0.213. The Morgan fingerprint density at radius 2 is 1.73 bits per heavy atom. The number of hydrogen-bond acceptors (Lipinski definition) is 6. The zero-order valence-electron chi connectivity index (χ0n) is 23.2. The Labute approximate surface area is 257 Å². The van der Waals surface area contributed by atoms with Crippen molar-refractivity contribution in [1.82, 2.24) is 19.7 Å². The zero-order valence-corrected chi connectivity index (χ0v) is 24.0. The summed E-state index contributed by atoms with van der Waals surface area (Å²) in [7, 11) is 0. The van der Waals surface area contributed by atoms with Crippen LogP contribution in [0.5, 0.6) is 0 Å². The highest BCUT2D eigenvalue weighted by atomic mass is 32.2. The van der Waals surface area contributed by atoms with Gasteiger partial charge in [0.25, 0.3) is 0 Å². The van der Waals surface area contributed by atoms with Crippen molar-refractivity contribution in [3.8, 4) is 5.69 Å². The molecule has 1 fully saturated rings. The van der Waals surface area contributed by atoms with Gasteiger partial charge in [0.1, 0.15) is 5.25 Å². The lowest BCUT2D eigenvalue weighted by molar-refractivity contribution is -0.141. The summed E-state index contributed by atoms with van der Waals surface area (Å²) in [4.78, 5) is 36.5. The molecule has 1 saturated heterocycles. The Hall–Kier alpha value is -4.66. The fourth-order valence-electron chi connectivity index (χ4n) is 4.43. The summed E-state index contributed by atoms with van der Waals surface area (Å²) in [6.45, 7) is 0.360. The van der Waals surface area contributed by atoms with Crippen LogP contribution in [0.4, 0.5) is 32.0 Å². The number of nitrogens with one attached hydrogen (secondary N) is 1. The van der Waals surface area contributed by atoms with E-state index in [1.165, 1.54) is 23.2 Å². The number of hydrogen-bond donors (Lipinski definition) is 1. The summed E-state index contributed by atoms with van der Waals surface area (Å²) in [6, 6.07) is 16.9. The number of benzene rings is 2. The van der Waals surface area contributed by atoms with E-state index in [9.17, 15) is 35.9 Å². The largest absolute Gasteiger partial charge is 0.435 e. The van der Waals surface area contributed by atoms with Gasteiger partial charge in [-0.1, -0.05) is 36.0 Å². The number of aliphatic imine (C=N–C) groups is 1. The van der Waals surface area contributed by atoms with Gasteiger partial charge in [0.15, 0.2) is 10.9 Å². The smallest absolute Gasteiger partial charge is 0.326 e. The first-order valence-electron chi connectivity index (χ1n) is 13.5. The van der Waals surface area contributed by atoms with E-state index in [0.29, 0.717) is 29.4 Å². The molecule has 1 unspecified atom stereocenters. The first-order chi connectivity index (χ1) is 21.4. The van der Waals surface area contributed by atoms with E-state index in [2.05, 4.69) is 20.4 Å². The van der Waals surface area contributed by atoms with Gasteiger partial charge in [-0.05, 0) is 54.1 Å². The third-order valence-corrected chi connectivity index (χ3v) is 7.84. The number of nitrogens with zero attached hydrogens (tertiary/aromatic N) is 5. The molecule has 8 nitrogen and oxygen atoms in total. The molecule has 0 radical (unpaired) electrons. The molecule has 0 bridgehead atoms. The second-order valence-corrected chi connectivity index (χ2v) is 11.1. The van der Waals surface area contributed by atoms with Gasteiger partial charge in [0.05, 0.1) is 17.8 Å². The first kappa shape index (κ1) is 31.8. The van der Waals surface area contributed by atoms with E-state index in [-0.39, 0.29) is 18.7 Å². The van der Waals surface area contributed by atoms with Crippen molar-refractivity contribution < 1.29 is 35.9 Å². The van der Waals surface area contributed by atoms with E-state index >= 15 is 0 Å². The molecule has 45 heavy (non-hydrogen) atoms. The van der Waals surface area contributed by atoms with Crippen molar-refractivity contribution in [2.45, 2.75) is 37.0 Å². The number of pyridine rings is 1. The average molecular weight is 647 g/mol. The summed E-state index contributed by atoms with van der Waals surface area (Å²) < 4.78 is 79.2. The van der Waals surface area contributed by atoms with Crippen LogP contribution in [0.3, 0.4) is 0 Å². The number of rotatable bonds is 9. The minimum absolute atomic E-state index is 0.0500. The molecule has 0 spiro atoms. The molecule has 2 amide bonds. The third-order valence-electron chi connectivity index (χ3n) is 6.63. The standard InChI is InChI=1S/C30H24F6N6O2S/c31-29(32,33)20-4-3-6-22(16-20)39-26(43)17-24-27(44)41(28(45-24)38-14-11-21-5-1-2-13-37-21)18-19-7-9-23(10-8-19)42-15-12-25(40-42)30(34,35)36/h1-10,12-13,15-16,24H,11,14,17-18H2,(H,39,43). The maximum atomic E-state index is 13.5. The number of carbonyl (C=O) groups is 2. The molecule has 0 aliphatic carbocycles. The highest BCUT2D eigenvalue weighted by molar-refractivity contribution is 8.15. The Kier molecular flexibility index (Phi) is 9.27. The van der Waals surface area contributed by atoms with E-state index in [1.807, 2.05) is 12.1 Å². The summed E-state index contributed by atoms with van der Waals surface area (Å²) >= 11 is 1.08. The van der Waals surface area contributed by atoms with Crippen LogP contribution < -0.4 is 5.32 Å². The minimum Gasteiger partial charge on any atom is -0.326 e. The maximum absolute atomic E-state index is 13.5. The summed E-state index contributed by atoms with van der Waals surface area (Å²) in [5.41, 5.74) is -0.179. The van der Waals surface area contributed by atoms with Gasteiger partial charge in [-0.15, -0.1) is 0 Å². The van der Waals surface area contributed by atoms with Crippen molar-refractivity contribution in [1.29, 1.82) is 0 Å². The molecule has 15 heteroatoms. The van der Waals surface area contributed by atoms with Crippen LogP contribution in [0.2, 0.25) is 0 Å². The molecular weight excluding hydrogens is 622 g/mol. The minimum atomic E-state index is -4.58. The van der Waals surface area contributed by atoms with Gasteiger partial charge in [-0.25, -0.2) is 4.68 Å². The van der Waals surface area contributed by atoms with Crippen LogP contribution in [-0.4, -0.2) is 48.4 Å². The van der Waals surface area contributed by atoms with Gasteiger partial charge in [0, 0.05) is 43.2 Å². The van der Waals surface area contributed by atoms with Gasteiger partial charge < -0.3 is 5.32 Å². The third kappa shape index (κ3) is 8.09. The molecule has 1 N–H and O–H groups in total. The number of alkyl halides is 6. The lowest BCUT2D eigenvalue weighted by atomic mass is 10.1. The SMILES string of the molecule is O=C(CC1SC(=NCCc2ccccn2)N(Cc2ccc(-n3ccc(C(F)(F)F)n3)cc2)C1=O)Nc1cccc(C(F)(F)F)c1. The molecule has 1 atom stereocenters. The number of halogens is 6. The number of aromatic nitrogens is 3. The fourth-order valence-corrected chi connectivity index (χ4v) is 5.59. The van der Waals surface area contributed by atoms with Crippen LogP contribution >= 0.6 is 11.8 Å². The maximum Gasteiger partial charge on any atom is 0.435 e. The number of thioether (sulfide) groups is 1. The first-order valence-corrected chi connectivity index (χ1v) is 14.4. The van der Waals surface area contributed by atoms with Crippen molar-refractivity contribution in [2.75, 3.05) is 11.9 Å². The zero-order chi connectivity index (χ0) is 32.2. The molecule has 0 saturated carbocycles. The molecule has 2 aromatic heterocycles. The summed E-state index contributed by atoms with van der Waals surface area (Å²) in [6.07, 6.45) is -6.13.